The van der Waals surface area contributed by atoms with E-state index in [0.717, 1.165) is 37.0 Å². The second kappa shape index (κ2) is 5.69. The van der Waals surface area contributed by atoms with Gasteiger partial charge in [0.1, 0.15) is 0 Å². The standard InChI is InChI=1S/C18H24N2O3/c21-16(3-4-19-17(22)15-2-1-5-23-15)20-18-9-12-6-13(10-18)8-14(7-12)11-18/h1-2,5,12-14H,3-4,6-11H2,(H,19,22)(H,20,21). The molecular formula is C18H24N2O3. The quantitative estimate of drug-likeness (QED) is 0.876. The van der Waals surface area contributed by atoms with Crippen molar-refractivity contribution in [1.82, 2.24) is 10.6 Å². The van der Waals surface area contributed by atoms with Crippen LogP contribution in [0.25, 0.3) is 0 Å². The van der Waals surface area contributed by atoms with Crippen LogP contribution in [0.1, 0.15) is 55.5 Å². The molecule has 1 aromatic heterocycles. The molecule has 4 aliphatic rings. The number of rotatable bonds is 5. The minimum Gasteiger partial charge on any atom is -0.459 e. The molecular weight excluding hydrogens is 292 g/mol. The number of hydrogen-bond donors (Lipinski definition) is 2. The summed E-state index contributed by atoms with van der Waals surface area (Å²) in [7, 11) is 0. The van der Waals surface area contributed by atoms with Crippen molar-refractivity contribution in [2.45, 2.75) is 50.5 Å². The van der Waals surface area contributed by atoms with Gasteiger partial charge in [0, 0.05) is 18.5 Å². The van der Waals surface area contributed by atoms with Gasteiger partial charge in [-0.3, -0.25) is 9.59 Å². The van der Waals surface area contributed by atoms with Gasteiger partial charge in [0.05, 0.1) is 6.26 Å². The fourth-order valence-corrected chi connectivity index (χ4v) is 5.41. The maximum absolute atomic E-state index is 12.3. The highest BCUT2D eigenvalue weighted by molar-refractivity contribution is 5.91. The van der Waals surface area contributed by atoms with Crippen LogP contribution in [0.15, 0.2) is 22.8 Å². The zero-order valence-corrected chi connectivity index (χ0v) is 13.3. The van der Waals surface area contributed by atoms with Gasteiger partial charge in [-0.25, -0.2) is 0 Å². The molecule has 4 aliphatic carbocycles. The topological polar surface area (TPSA) is 71.3 Å². The third kappa shape index (κ3) is 3.01. The Hall–Kier alpha value is -1.78. The SMILES string of the molecule is O=C(CCNC(=O)c1ccco1)NC12CC3CC(CC(C3)C1)C2. The van der Waals surface area contributed by atoms with E-state index in [9.17, 15) is 9.59 Å². The molecule has 0 radical (unpaired) electrons. The van der Waals surface area contributed by atoms with E-state index in [1.165, 1.54) is 25.5 Å². The molecule has 0 saturated heterocycles. The molecule has 124 valence electrons. The van der Waals surface area contributed by atoms with E-state index in [2.05, 4.69) is 10.6 Å². The first-order valence-electron chi connectivity index (χ1n) is 8.75. The number of hydrogen-bond acceptors (Lipinski definition) is 3. The summed E-state index contributed by atoms with van der Waals surface area (Å²) < 4.78 is 5.03. The van der Waals surface area contributed by atoms with Crippen LogP contribution in [0.4, 0.5) is 0 Å². The fraction of sp³-hybridized carbons (Fsp3) is 0.667. The monoisotopic (exact) mass is 316 g/mol. The van der Waals surface area contributed by atoms with Gasteiger partial charge in [0.2, 0.25) is 5.91 Å². The van der Waals surface area contributed by atoms with Gasteiger partial charge >= 0.3 is 0 Å². The molecule has 1 heterocycles. The summed E-state index contributed by atoms with van der Waals surface area (Å²) in [5.74, 6) is 2.54. The Labute approximate surface area is 136 Å². The lowest BCUT2D eigenvalue weighted by Crippen LogP contribution is -2.60. The van der Waals surface area contributed by atoms with Gasteiger partial charge in [-0.15, -0.1) is 0 Å². The third-order valence-corrected chi connectivity index (χ3v) is 5.83. The van der Waals surface area contributed by atoms with Crippen molar-refractivity contribution in [3.05, 3.63) is 24.2 Å². The first-order chi connectivity index (χ1) is 11.1. The second-order valence-electron chi connectivity index (χ2n) is 7.73. The Morgan fingerprint density at radius 1 is 1.13 bits per heavy atom. The van der Waals surface area contributed by atoms with Crippen molar-refractivity contribution in [2.24, 2.45) is 17.8 Å². The first-order valence-corrected chi connectivity index (χ1v) is 8.75. The maximum Gasteiger partial charge on any atom is 0.286 e. The molecule has 5 rings (SSSR count). The molecule has 0 aromatic carbocycles. The number of furan rings is 1. The molecule has 1 aromatic rings. The van der Waals surface area contributed by atoms with Gasteiger partial charge in [-0.1, -0.05) is 0 Å². The lowest BCUT2D eigenvalue weighted by Gasteiger charge is -2.56. The molecule has 4 saturated carbocycles. The number of carbonyl (C=O) groups excluding carboxylic acids is 2. The molecule has 5 heteroatoms. The zero-order valence-electron chi connectivity index (χ0n) is 13.3. The second-order valence-corrected chi connectivity index (χ2v) is 7.73. The Bertz CT molecular complexity index is 558. The molecule has 0 spiro atoms. The van der Waals surface area contributed by atoms with Crippen LogP contribution in [-0.2, 0) is 4.79 Å². The number of nitrogens with one attached hydrogen (secondary N) is 2. The van der Waals surface area contributed by atoms with Crippen LogP contribution >= 0.6 is 0 Å². The highest BCUT2D eigenvalue weighted by atomic mass is 16.3. The average Bonchev–Trinajstić information content (AvgIpc) is 2.99. The summed E-state index contributed by atoms with van der Waals surface area (Å²) in [6.07, 6.45) is 9.37. The van der Waals surface area contributed by atoms with E-state index < -0.39 is 0 Å². The van der Waals surface area contributed by atoms with Crippen LogP contribution in [0, 0.1) is 17.8 Å². The van der Waals surface area contributed by atoms with Gasteiger partial charge < -0.3 is 15.1 Å². The molecule has 0 unspecified atom stereocenters. The predicted molar refractivity (Wildman–Crippen MR) is 84.7 cm³/mol. The number of carbonyl (C=O) groups is 2. The zero-order chi connectivity index (χ0) is 15.9. The van der Waals surface area contributed by atoms with Gasteiger partial charge in [0.25, 0.3) is 5.91 Å². The van der Waals surface area contributed by atoms with Gasteiger partial charge in [0.15, 0.2) is 5.76 Å². The summed E-state index contributed by atoms with van der Waals surface area (Å²) in [6.45, 7) is 0.345. The van der Waals surface area contributed by atoms with Crippen molar-refractivity contribution < 1.29 is 14.0 Å². The van der Waals surface area contributed by atoms with E-state index in [1.54, 1.807) is 12.1 Å². The van der Waals surface area contributed by atoms with Gasteiger partial charge in [-0.05, 0) is 68.4 Å². The highest BCUT2D eigenvalue weighted by Gasteiger charge is 2.51. The summed E-state index contributed by atoms with van der Waals surface area (Å²) >= 11 is 0. The van der Waals surface area contributed by atoms with Crippen LogP contribution in [0.5, 0.6) is 0 Å². The minimum atomic E-state index is -0.266. The summed E-state index contributed by atoms with van der Waals surface area (Å²) in [6, 6.07) is 3.29. The largest absolute Gasteiger partial charge is 0.459 e. The van der Waals surface area contributed by atoms with Crippen LogP contribution in [0.3, 0.4) is 0 Å². The van der Waals surface area contributed by atoms with E-state index >= 15 is 0 Å². The average molecular weight is 316 g/mol. The van der Waals surface area contributed by atoms with E-state index in [-0.39, 0.29) is 23.1 Å². The van der Waals surface area contributed by atoms with E-state index in [4.69, 9.17) is 4.42 Å². The lowest BCUT2D eigenvalue weighted by molar-refractivity contribution is -0.126. The molecule has 0 aliphatic heterocycles. The lowest BCUT2D eigenvalue weighted by atomic mass is 9.53. The molecule has 4 fully saturated rings. The van der Waals surface area contributed by atoms with Crippen molar-refractivity contribution in [2.75, 3.05) is 6.54 Å². The van der Waals surface area contributed by atoms with Crippen LogP contribution in [-0.4, -0.2) is 23.9 Å². The molecule has 5 nitrogen and oxygen atoms in total. The molecule has 23 heavy (non-hydrogen) atoms. The molecule has 4 bridgehead atoms. The summed E-state index contributed by atoms with van der Waals surface area (Å²) in [4.78, 5) is 24.1. The third-order valence-electron chi connectivity index (χ3n) is 5.83. The molecule has 2 amide bonds. The van der Waals surface area contributed by atoms with Gasteiger partial charge in [-0.2, -0.15) is 0 Å². The maximum atomic E-state index is 12.3. The Balaban J connectivity index is 1.27. The first kappa shape index (κ1) is 14.8. The molecule has 0 atom stereocenters. The highest BCUT2D eigenvalue weighted by Crippen LogP contribution is 2.55. The Morgan fingerprint density at radius 3 is 2.35 bits per heavy atom. The fourth-order valence-electron chi connectivity index (χ4n) is 5.41. The molecule has 2 N–H and O–H groups in total. The van der Waals surface area contributed by atoms with Crippen molar-refractivity contribution in [3.8, 4) is 0 Å². The van der Waals surface area contributed by atoms with Crippen molar-refractivity contribution in [1.29, 1.82) is 0 Å². The van der Waals surface area contributed by atoms with Crippen molar-refractivity contribution in [3.63, 3.8) is 0 Å². The van der Waals surface area contributed by atoms with E-state index in [0.29, 0.717) is 13.0 Å². The van der Waals surface area contributed by atoms with Crippen LogP contribution < -0.4 is 10.6 Å². The van der Waals surface area contributed by atoms with E-state index in [1.807, 2.05) is 0 Å². The predicted octanol–water partition coefficient (Wildman–Crippen LogP) is 2.48. The Morgan fingerprint density at radius 2 is 1.78 bits per heavy atom. The summed E-state index contributed by atoms with van der Waals surface area (Å²) in [5, 5.41) is 6.05. The normalized spacial score (nSPS) is 34.3. The minimum absolute atomic E-state index is 0.0524. The van der Waals surface area contributed by atoms with Crippen molar-refractivity contribution >= 4 is 11.8 Å². The van der Waals surface area contributed by atoms with Crippen LogP contribution in [0.2, 0.25) is 0 Å². The summed E-state index contributed by atoms with van der Waals surface area (Å²) in [5.41, 5.74) is 0.0524. The smallest absolute Gasteiger partial charge is 0.286 e. The number of amides is 2. The Kier molecular flexibility index (Phi) is 3.66.